The molecule has 0 aromatic heterocycles. The highest BCUT2D eigenvalue weighted by Crippen LogP contribution is 2.20. The molecule has 0 saturated heterocycles. The van der Waals surface area contributed by atoms with Crippen molar-refractivity contribution in [3.63, 3.8) is 0 Å². The van der Waals surface area contributed by atoms with E-state index in [1.807, 2.05) is 42.5 Å². The SMILES string of the molecule is NCCC[C@H](N)c1ccc(OCc2ccccc2)cc1. The van der Waals surface area contributed by atoms with Gasteiger partial charge >= 0.3 is 0 Å². The Hall–Kier alpha value is -1.84. The lowest BCUT2D eigenvalue weighted by atomic mass is 10.0. The lowest BCUT2D eigenvalue weighted by Gasteiger charge is -2.12. The minimum absolute atomic E-state index is 0.0572. The highest BCUT2D eigenvalue weighted by atomic mass is 16.5. The molecule has 0 bridgehead atoms. The summed E-state index contributed by atoms with van der Waals surface area (Å²) in [5.41, 5.74) is 13.9. The minimum atomic E-state index is 0.0572. The van der Waals surface area contributed by atoms with Crippen molar-refractivity contribution in [3.05, 3.63) is 65.7 Å². The summed E-state index contributed by atoms with van der Waals surface area (Å²) in [5, 5.41) is 0. The Balaban J connectivity index is 1.88. The summed E-state index contributed by atoms with van der Waals surface area (Å²) in [6.45, 7) is 1.27. The molecule has 0 aliphatic heterocycles. The van der Waals surface area contributed by atoms with E-state index < -0.39 is 0 Å². The molecule has 0 radical (unpaired) electrons. The van der Waals surface area contributed by atoms with Crippen molar-refractivity contribution in [1.82, 2.24) is 0 Å². The third kappa shape index (κ3) is 4.37. The molecule has 0 spiro atoms. The zero-order valence-electron chi connectivity index (χ0n) is 11.7. The van der Waals surface area contributed by atoms with E-state index >= 15 is 0 Å². The molecule has 2 aromatic carbocycles. The van der Waals surface area contributed by atoms with Crippen LogP contribution < -0.4 is 16.2 Å². The highest BCUT2D eigenvalue weighted by Gasteiger charge is 2.05. The van der Waals surface area contributed by atoms with Gasteiger partial charge in [-0.05, 0) is 42.6 Å². The van der Waals surface area contributed by atoms with Crippen LogP contribution in [0.25, 0.3) is 0 Å². The molecule has 4 N–H and O–H groups in total. The van der Waals surface area contributed by atoms with Crippen LogP contribution in [0.5, 0.6) is 5.75 Å². The van der Waals surface area contributed by atoms with Gasteiger partial charge in [0.25, 0.3) is 0 Å². The van der Waals surface area contributed by atoms with Gasteiger partial charge in [-0.15, -0.1) is 0 Å². The minimum Gasteiger partial charge on any atom is -0.489 e. The van der Waals surface area contributed by atoms with Gasteiger partial charge in [-0.2, -0.15) is 0 Å². The Morgan fingerprint density at radius 1 is 0.950 bits per heavy atom. The summed E-state index contributed by atoms with van der Waals surface area (Å²) in [6, 6.07) is 18.2. The van der Waals surface area contributed by atoms with Gasteiger partial charge in [0.15, 0.2) is 0 Å². The van der Waals surface area contributed by atoms with Crippen LogP contribution >= 0.6 is 0 Å². The average Bonchev–Trinajstić information content (AvgIpc) is 2.52. The van der Waals surface area contributed by atoms with Crippen LogP contribution in [0.2, 0.25) is 0 Å². The summed E-state index contributed by atoms with van der Waals surface area (Å²) >= 11 is 0. The second-order valence-electron chi connectivity index (χ2n) is 4.88. The predicted molar refractivity (Wildman–Crippen MR) is 82.4 cm³/mol. The second kappa shape index (κ2) is 7.68. The smallest absolute Gasteiger partial charge is 0.119 e. The van der Waals surface area contributed by atoms with E-state index in [0.29, 0.717) is 13.2 Å². The maximum absolute atomic E-state index is 6.10. The van der Waals surface area contributed by atoms with E-state index in [1.165, 1.54) is 0 Å². The highest BCUT2D eigenvalue weighted by molar-refractivity contribution is 5.29. The van der Waals surface area contributed by atoms with Crippen molar-refractivity contribution in [2.24, 2.45) is 11.5 Å². The Kier molecular flexibility index (Phi) is 5.59. The Morgan fingerprint density at radius 2 is 1.65 bits per heavy atom. The Labute approximate surface area is 120 Å². The van der Waals surface area contributed by atoms with Gasteiger partial charge in [-0.25, -0.2) is 0 Å². The molecule has 106 valence electrons. The first-order valence-corrected chi connectivity index (χ1v) is 7.02. The molecule has 0 fully saturated rings. The van der Waals surface area contributed by atoms with E-state index in [0.717, 1.165) is 29.7 Å². The van der Waals surface area contributed by atoms with Crippen LogP contribution in [0.1, 0.15) is 30.0 Å². The molecule has 0 amide bonds. The van der Waals surface area contributed by atoms with Gasteiger partial charge in [0.2, 0.25) is 0 Å². The summed E-state index contributed by atoms with van der Waals surface area (Å²) < 4.78 is 5.75. The molecule has 3 nitrogen and oxygen atoms in total. The monoisotopic (exact) mass is 270 g/mol. The van der Waals surface area contributed by atoms with Gasteiger partial charge in [0, 0.05) is 6.04 Å². The molecule has 2 aromatic rings. The summed E-state index contributed by atoms with van der Waals surface area (Å²) in [7, 11) is 0. The van der Waals surface area contributed by atoms with Crippen molar-refractivity contribution in [2.45, 2.75) is 25.5 Å². The average molecular weight is 270 g/mol. The number of hydrogen-bond donors (Lipinski definition) is 2. The fourth-order valence-electron chi connectivity index (χ4n) is 2.06. The molecule has 0 aliphatic carbocycles. The van der Waals surface area contributed by atoms with Gasteiger partial charge < -0.3 is 16.2 Å². The van der Waals surface area contributed by atoms with Gasteiger partial charge in [-0.1, -0.05) is 42.5 Å². The van der Waals surface area contributed by atoms with Crippen molar-refractivity contribution in [3.8, 4) is 5.75 Å². The van der Waals surface area contributed by atoms with Gasteiger partial charge in [0.1, 0.15) is 12.4 Å². The predicted octanol–water partition coefficient (Wildman–Crippen LogP) is 3.00. The molecule has 1 atom stereocenters. The van der Waals surface area contributed by atoms with Crippen molar-refractivity contribution >= 4 is 0 Å². The van der Waals surface area contributed by atoms with E-state index in [-0.39, 0.29) is 6.04 Å². The zero-order chi connectivity index (χ0) is 14.2. The van der Waals surface area contributed by atoms with Crippen molar-refractivity contribution < 1.29 is 4.74 Å². The number of nitrogens with two attached hydrogens (primary N) is 2. The van der Waals surface area contributed by atoms with Gasteiger partial charge in [-0.3, -0.25) is 0 Å². The molecule has 3 heteroatoms. The third-order valence-corrected chi connectivity index (χ3v) is 3.28. The van der Waals surface area contributed by atoms with Crippen molar-refractivity contribution in [2.75, 3.05) is 6.54 Å². The number of rotatable bonds is 7. The van der Waals surface area contributed by atoms with E-state index in [4.69, 9.17) is 16.2 Å². The fourth-order valence-corrected chi connectivity index (χ4v) is 2.06. The van der Waals surface area contributed by atoms with Crippen LogP contribution in [-0.4, -0.2) is 6.54 Å². The molecule has 0 heterocycles. The van der Waals surface area contributed by atoms with Crippen molar-refractivity contribution in [1.29, 1.82) is 0 Å². The lowest BCUT2D eigenvalue weighted by molar-refractivity contribution is 0.306. The summed E-state index contributed by atoms with van der Waals surface area (Å²) in [4.78, 5) is 0. The first kappa shape index (κ1) is 14.6. The van der Waals surface area contributed by atoms with E-state index in [2.05, 4.69) is 12.1 Å². The molecule has 0 saturated carbocycles. The molecular formula is C17H22N2O. The maximum Gasteiger partial charge on any atom is 0.119 e. The van der Waals surface area contributed by atoms with Crippen LogP contribution in [0.3, 0.4) is 0 Å². The maximum atomic E-state index is 6.10. The molecule has 0 unspecified atom stereocenters. The largest absolute Gasteiger partial charge is 0.489 e. The molecular weight excluding hydrogens is 248 g/mol. The first-order valence-electron chi connectivity index (χ1n) is 7.02. The second-order valence-corrected chi connectivity index (χ2v) is 4.88. The summed E-state index contributed by atoms with van der Waals surface area (Å²) in [5.74, 6) is 0.864. The van der Waals surface area contributed by atoms with Gasteiger partial charge in [0.05, 0.1) is 0 Å². The normalized spacial score (nSPS) is 12.1. The number of benzene rings is 2. The van der Waals surface area contributed by atoms with Crippen LogP contribution in [0, 0.1) is 0 Å². The Bertz CT molecular complexity index is 496. The van der Waals surface area contributed by atoms with Crippen LogP contribution in [0.15, 0.2) is 54.6 Å². The fraction of sp³-hybridized carbons (Fsp3) is 0.294. The Morgan fingerprint density at radius 3 is 2.30 bits per heavy atom. The molecule has 2 rings (SSSR count). The van der Waals surface area contributed by atoms with E-state index in [1.54, 1.807) is 0 Å². The lowest BCUT2D eigenvalue weighted by Crippen LogP contribution is -2.12. The number of hydrogen-bond acceptors (Lipinski definition) is 3. The topological polar surface area (TPSA) is 61.3 Å². The number of ether oxygens (including phenoxy) is 1. The quantitative estimate of drug-likeness (QED) is 0.813. The third-order valence-electron chi connectivity index (χ3n) is 3.28. The first-order chi connectivity index (χ1) is 9.79. The standard InChI is InChI=1S/C17H22N2O/c18-12-4-7-17(19)15-8-10-16(11-9-15)20-13-14-5-2-1-3-6-14/h1-3,5-6,8-11,17H,4,7,12-13,18-19H2/t17-/m0/s1. The molecule has 20 heavy (non-hydrogen) atoms. The zero-order valence-corrected chi connectivity index (χ0v) is 11.7. The molecule has 0 aliphatic rings. The van der Waals surface area contributed by atoms with Crippen LogP contribution in [0.4, 0.5) is 0 Å². The van der Waals surface area contributed by atoms with E-state index in [9.17, 15) is 0 Å². The summed E-state index contributed by atoms with van der Waals surface area (Å²) in [6.07, 6.45) is 1.87. The van der Waals surface area contributed by atoms with Crippen LogP contribution in [-0.2, 0) is 6.61 Å².